The molecule has 0 amide bonds. The van der Waals surface area contributed by atoms with Crippen LogP contribution in [0.25, 0.3) is 0 Å². The zero-order valence-corrected chi connectivity index (χ0v) is 11.7. The number of ether oxygens (including phenoxy) is 3. The van der Waals surface area contributed by atoms with E-state index >= 15 is 0 Å². The second-order valence-corrected chi connectivity index (χ2v) is 4.15. The molecule has 1 rings (SSSR count). The SMILES string of the molecule is CCCOc1ccc(C(=O)CCOCCOC)cc1. The van der Waals surface area contributed by atoms with Crippen molar-refractivity contribution in [2.75, 3.05) is 33.5 Å². The molecule has 0 aliphatic heterocycles. The van der Waals surface area contributed by atoms with Crippen LogP contribution in [0.3, 0.4) is 0 Å². The molecular weight excluding hydrogens is 244 g/mol. The molecule has 0 aliphatic rings. The molecule has 0 radical (unpaired) electrons. The van der Waals surface area contributed by atoms with E-state index in [1.165, 1.54) is 0 Å². The smallest absolute Gasteiger partial charge is 0.165 e. The van der Waals surface area contributed by atoms with Gasteiger partial charge in [0.05, 0.1) is 26.4 Å². The predicted molar refractivity (Wildman–Crippen MR) is 73.9 cm³/mol. The van der Waals surface area contributed by atoms with Crippen molar-refractivity contribution in [3.05, 3.63) is 29.8 Å². The van der Waals surface area contributed by atoms with E-state index < -0.39 is 0 Å². The lowest BCUT2D eigenvalue weighted by atomic mass is 10.1. The second-order valence-electron chi connectivity index (χ2n) is 4.15. The van der Waals surface area contributed by atoms with Gasteiger partial charge in [-0.05, 0) is 30.7 Å². The van der Waals surface area contributed by atoms with E-state index in [-0.39, 0.29) is 5.78 Å². The van der Waals surface area contributed by atoms with Crippen LogP contribution in [-0.4, -0.2) is 39.3 Å². The third-order valence-electron chi connectivity index (χ3n) is 2.55. The van der Waals surface area contributed by atoms with Crippen LogP contribution >= 0.6 is 0 Å². The Bertz CT molecular complexity index is 359. The summed E-state index contributed by atoms with van der Waals surface area (Å²) in [6.07, 6.45) is 1.36. The number of benzene rings is 1. The molecule has 0 aliphatic carbocycles. The van der Waals surface area contributed by atoms with E-state index in [0.29, 0.717) is 38.4 Å². The zero-order chi connectivity index (χ0) is 13.9. The Labute approximate surface area is 114 Å². The minimum Gasteiger partial charge on any atom is -0.494 e. The van der Waals surface area contributed by atoms with E-state index in [2.05, 4.69) is 6.92 Å². The lowest BCUT2D eigenvalue weighted by molar-refractivity contribution is 0.0641. The number of Topliss-reactive ketones (excluding diaryl/α,β-unsaturated/α-hetero) is 1. The fraction of sp³-hybridized carbons (Fsp3) is 0.533. The summed E-state index contributed by atoms with van der Waals surface area (Å²) in [5.74, 6) is 0.884. The molecule has 0 spiro atoms. The van der Waals surface area contributed by atoms with Crippen molar-refractivity contribution in [1.82, 2.24) is 0 Å². The summed E-state index contributed by atoms with van der Waals surface area (Å²) in [7, 11) is 1.62. The average molecular weight is 266 g/mol. The van der Waals surface area contributed by atoms with Gasteiger partial charge in [-0.15, -0.1) is 0 Å². The largest absolute Gasteiger partial charge is 0.494 e. The van der Waals surface area contributed by atoms with Crippen LogP contribution in [-0.2, 0) is 9.47 Å². The topological polar surface area (TPSA) is 44.8 Å². The van der Waals surface area contributed by atoms with Crippen molar-refractivity contribution in [3.8, 4) is 5.75 Å². The average Bonchev–Trinajstić information content (AvgIpc) is 2.45. The molecule has 106 valence electrons. The molecule has 0 bridgehead atoms. The highest BCUT2D eigenvalue weighted by atomic mass is 16.5. The summed E-state index contributed by atoms with van der Waals surface area (Å²) in [5.41, 5.74) is 0.694. The van der Waals surface area contributed by atoms with Gasteiger partial charge in [0.2, 0.25) is 0 Å². The third kappa shape index (κ3) is 6.36. The molecule has 4 nitrogen and oxygen atoms in total. The Morgan fingerprint density at radius 1 is 1.05 bits per heavy atom. The van der Waals surface area contributed by atoms with Gasteiger partial charge in [0, 0.05) is 19.1 Å². The number of hydrogen-bond donors (Lipinski definition) is 0. The Balaban J connectivity index is 2.32. The van der Waals surface area contributed by atoms with Gasteiger partial charge in [0.25, 0.3) is 0 Å². The number of methoxy groups -OCH3 is 1. The van der Waals surface area contributed by atoms with Gasteiger partial charge in [-0.1, -0.05) is 6.92 Å². The quantitative estimate of drug-likeness (QED) is 0.482. The molecule has 1 aromatic carbocycles. The van der Waals surface area contributed by atoms with Crippen molar-refractivity contribution < 1.29 is 19.0 Å². The molecule has 0 heterocycles. The number of rotatable bonds is 10. The molecule has 0 aromatic heterocycles. The summed E-state index contributed by atoms with van der Waals surface area (Å²) in [5, 5.41) is 0. The van der Waals surface area contributed by atoms with Gasteiger partial charge in [0.1, 0.15) is 5.75 Å². The fourth-order valence-corrected chi connectivity index (χ4v) is 1.51. The molecule has 0 fully saturated rings. The Morgan fingerprint density at radius 2 is 1.79 bits per heavy atom. The van der Waals surface area contributed by atoms with E-state index in [9.17, 15) is 4.79 Å². The molecular formula is C15H22O4. The number of carbonyl (C=O) groups excluding carboxylic acids is 1. The first-order chi connectivity index (χ1) is 9.27. The third-order valence-corrected chi connectivity index (χ3v) is 2.55. The maximum absolute atomic E-state index is 11.9. The van der Waals surface area contributed by atoms with Gasteiger partial charge in [-0.3, -0.25) is 4.79 Å². The molecule has 0 unspecified atom stereocenters. The van der Waals surface area contributed by atoms with Gasteiger partial charge in [-0.25, -0.2) is 0 Å². The highest BCUT2D eigenvalue weighted by Crippen LogP contribution is 2.13. The molecule has 19 heavy (non-hydrogen) atoms. The lowest BCUT2D eigenvalue weighted by Gasteiger charge is -2.06. The van der Waals surface area contributed by atoms with Crippen LogP contribution in [0.5, 0.6) is 5.75 Å². The number of hydrogen-bond acceptors (Lipinski definition) is 4. The Morgan fingerprint density at radius 3 is 2.42 bits per heavy atom. The van der Waals surface area contributed by atoms with Crippen LogP contribution < -0.4 is 4.74 Å². The monoisotopic (exact) mass is 266 g/mol. The van der Waals surface area contributed by atoms with E-state index in [0.717, 1.165) is 12.2 Å². The molecule has 0 atom stereocenters. The zero-order valence-electron chi connectivity index (χ0n) is 11.7. The number of ketones is 1. The van der Waals surface area contributed by atoms with Crippen LogP contribution in [0.15, 0.2) is 24.3 Å². The molecule has 4 heteroatoms. The summed E-state index contributed by atoms with van der Waals surface area (Å²) >= 11 is 0. The summed E-state index contributed by atoms with van der Waals surface area (Å²) in [6, 6.07) is 7.24. The minimum absolute atomic E-state index is 0.0828. The molecule has 1 aromatic rings. The van der Waals surface area contributed by atoms with Gasteiger partial charge in [-0.2, -0.15) is 0 Å². The van der Waals surface area contributed by atoms with E-state index in [1.54, 1.807) is 19.2 Å². The molecule has 0 N–H and O–H groups in total. The van der Waals surface area contributed by atoms with Gasteiger partial charge >= 0.3 is 0 Å². The standard InChI is InChI=1S/C15H22O4/c1-3-9-19-14-6-4-13(5-7-14)15(16)8-10-18-12-11-17-2/h4-7H,3,8-12H2,1-2H3. The fourth-order valence-electron chi connectivity index (χ4n) is 1.51. The summed E-state index contributed by atoms with van der Waals surface area (Å²) < 4.78 is 15.6. The molecule has 0 saturated carbocycles. The Kier molecular flexibility index (Phi) is 7.86. The summed E-state index contributed by atoms with van der Waals surface area (Å²) in [4.78, 5) is 11.9. The van der Waals surface area contributed by atoms with Crippen molar-refractivity contribution >= 4 is 5.78 Å². The van der Waals surface area contributed by atoms with Crippen LogP contribution in [0.2, 0.25) is 0 Å². The van der Waals surface area contributed by atoms with Crippen LogP contribution in [0.1, 0.15) is 30.1 Å². The second kappa shape index (κ2) is 9.53. The number of carbonyl (C=O) groups is 1. The van der Waals surface area contributed by atoms with Crippen molar-refractivity contribution in [2.45, 2.75) is 19.8 Å². The first-order valence-corrected chi connectivity index (χ1v) is 6.60. The van der Waals surface area contributed by atoms with Gasteiger partial charge < -0.3 is 14.2 Å². The first-order valence-electron chi connectivity index (χ1n) is 6.60. The van der Waals surface area contributed by atoms with E-state index in [1.807, 2.05) is 12.1 Å². The first kappa shape index (κ1) is 15.7. The van der Waals surface area contributed by atoms with Crippen molar-refractivity contribution in [3.63, 3.8) is 0 Å². The lowest BCUT2D eigenvalue weighted by Crippen LogP contribution is -2.08. The predicted octanol–water partition coefficient (Wildman–Crippen LogP) is 2.71. The van der Waals surface area contributed by atoms with Crippen molar-refractivity contribution in [2.24, 2.45) is 0 Å². The summed E-state index contributed by atoms with van der Waals surface area (Å²) in [6.45, 7) is 4.25. The maximum atomic E-state index is 11.9. The van der Waals surface area contributed by atoms with Crippen molar-refractivity contribution in [1.29, 1.82) is 0 Å². The minimum atomic E-state index is 0.0828. The normalized spacial score (nSPS) is 10.4. The van der Waals surface area contributed by atoms with Gasteiger partial charge in [0.15, 0.2) is 5.78 Å². The van der Waals surface area contributed by atoms with Crippen LogP contribution in [0, 0.1) is 0 Å². The van der Waals surface area contributed by atoms with Crippen LogP contribution in [0.4, 0.5) is 0 Å². The highest BCUT2D eigenvalue weighted by Gasteiger charge is 2.05. The highest BCUT2D eigenvalue weighted by molar-refractivity contribution is 5.96. The molecule has 0 saturated heterocycles. The van der Waals surface area contributed by atoms with E-state index in [4.69, 9.17) is 14.2 Å². The Hall–Kier alpha value is -1.39. The maximum Gasteiger partial charge on any atom is 0.165 e.